The standard InChI is InChI=1S/C27H30FN5O3S/c1-18-11-15-33(27(18,2)3)25-22(6-5-13-29-25)26(34)31-37(35,36)24-8-4-7-23(30-24)32-14-12-19-9-10-21(28)16-20(19)17-32/h4-10,13,16,18H,11-12,14-15,17H2,1-3H3,(H,31,34). The fraction of sp³-hybridized carbons (Fsp3) is 0.370. The highest BCUT2D eigenvalue weighted by molar-refractivity contribution is 7.90. The lowest BCUT2D eigenvalue weighted by Crippen LogP contribution is -2.43. The molecular weight excluding hydrogens is 493 g/mol. The number of aromatic nitrogens is 2. The third kappa shape index (κ3) is 4.77. The zero-order chi connectivity index (χ0) is 26.4. The summed E-state index contributed by atoms with van der Waals surface area (Å²) in [6.45, 7) is 8.11. The van der Waals surface area contributed by atoms with Crippen LogP contribution >= 0.6 is 0 Å². The lowest BCUT2D eigenvalue weighted by molar-refractivity contribution is 0.0981. The van der Waals surface area contributed by atoms with Crippen LogP contribution in [0.15, 0.2) is 59.8 Å². The molecule has 3 aromatic rings. The summed E-state index contributed by atoms with van der Waals surface area (Å²) in [5, 5.41) is -0.260. The topological polar surface area (TPSA) is 95.5 Å². The number of nitrogens with one attached hydrogen (secondary N) is 1. The molecule has 194 valence electrons. The van der Waals surface area contributed by atoms with Crippen molar-refractivity contribution in [2.45, 2.75) is 50.7 Å². The maximum Gasteiger partial charge on any atom is 0.281 e. The molecule has 4 heterocycles. The van der Waals surface area contributed by atoms with E-state index >= 15 is 0 Å². The van der Waals surface area contributed by atoms with Crippen LogP contribution in [0.3, 0.4) is 0 Å². The lowest BCUT2D eigenvalue weighted by atomic mass is 9.90. The van der Waals surface area contributed by atoms with Crippen LogP contribution in [0.2, 0.25) is 0 Å². The first-order valence-electron chi connectivity index (χ1n) is 12.4. The molecule has 1 N–H and O–H groups in total. The van der Waals surface area contributed by atoms with Crippen molar-refractivity contribution in [1.29, 1.82) is 0 Å². The number of fused-ring (bicyclic) bond motifs is 1. The Kier molecular flexibility index (Phi) is 6.39. The van der Waals surface area contributed by atoms with Gasteiger partial charge in [0.2, 0.25) is 0 Å². The lowest BCUT2D eigenvalue weighted by Gasteiger charge is -2.36. The van der Waals surface area contributed by atoms with Gasteiger partial charge in [0.05, 0.1) is 5.56 Å². The van der Waals surface area contributed by atoms with Crippen molar-refractivity contribution in [3.05, 3.63) is 77.2 Å². The maximum absolute atomic E-state index is 13.7. The van der Waals surface area contributed by atoms with E-state index in [4.69, 9.17) is 0 Å². The molecule has 1 aromatic carbocycles. The number of hydrogen-bond acceptors (Lipinski definition) is 7. The summed E-state index contributed by atoms with van der Waals surface area (Å²) < 4.78 is 42.3. The van der Waals surface area contributed by atoms with Crippen molar-refractivity contribution < 1.29 is 17.6 Å². The average Bonchev–Trinajstić information content (AvgIpc) is 3.15. The van der Waals surface area contributed by atoms with Crippen molar-refractivity contribution in [1.82, 2.24) is 14.7 Å². The van der Waals surface area contributed by atoms with Gasteiger partial charge in [-0.2, -0.15) is 8.42 Å². The summed E-state index contributed by atoms with van der Waals surface area (Å²) in [7, 11) is -4.26. The molecule has 5 rings (SSSR count). The number of carbonyl (C=O) groups is 1. The second kappa shape index (κ2) is 9.41. The summed E-state index contributed by atoms with van der Waals surface area (Å²) in [6.07, 6.45) is 3.25. The highest BCUT2D eigenvalue weighted by atomic mass is 32.2. The quantitative estimate of drug-likeness (QED) is 0.542. The molecule has 2 aliphatic rings. The fourth-order valence-electron chi connectivity index (χ4n) is 5.08. The first-order chi connectivity index (χ1) is 17.6. The highest BCUT2D eigenvalue weighted by Crippen LogP contribution is 2.38. The Morgan fingerprint density at radius 3 is 2.68 bits per heavy atom. The van der Waals surface area contributed by atoms with Crippen LogP contribution in [-0.2, 0) is 23.0 Å². The van der Waals surface area contributed by atoms with Crippen molar-refractivity contribution in [2.24, 2.45) is 5.92 Å². The number of benzene rings is 1. The summed E-state index contributed by atoms with van der Waals surface area (Å²) in [4.78, 5) is 26.0. The smallest absolute Gasteiger partial charge is 0.281 e. The molecule has 0 saturated carbocycles. The molecule has 10 heteroatoms. The minimum atomic E-state index is -4.26. The van der Waals surface area contributed by atoms with Gasteiger partial charge in [0.15, 0.2) is 5.03 Å². The number of sulfonamides is 1. The van der Waals surface area contributed by atoms with Gasteiger partial charge in [0.25, 0.3) is 15.9 Å². The van der Waals surface area contributed by atoms with Crippen molar-refractivity contribution in [3.8, 4) is 0 Å². The Hall–Kier alpha value is -3.53. The minimum absolute atomic E-state index is 0.194. The van der Waals surface area contributed by atoms with E-state index in [1.165, 1.54) is 18.2 Å². The van der Waals surface area contributed by atoms with E-state index in [0.717, 1.165) is 24.1 Å². The van der Waals surface area contributed by atoms with Crippen LogP contribution in [0.4, 0.5) is 16.0 Å². The van der Waals surface area contributed by atoms with E-state index in [2.05, 4.69) is 40.4 Å². The molecule has 1 unspecified atom stereocenters. The third-order valence-electron chi connectivity index (χ3n) is 7.69. The van der Waals surface area contributed by atoms with Gasteiger partial charge in [-0.3, -0.25) is 4.79 Å². The van der Waals surface area contributed by atoms with Crippen molar-refractivity contribution in [3.63, 3.8) is 0 Å². The molecule has 0 aliphatic carbocycles. The summed E-state index contributed by atoms with van der Waals surface area (Å²) in [6, 6.07) is 12.6. The number of pyridine rings is 2. The number of anilines is 2. The largest absolute Gasteiger partial charge is 0.352 e. The molecule has 1 fully saturated rings. The molecule has 1 saturated heterocycles. The van der Waals surface area contributed by atoms with Crippen LogP contribution in [0.5, 0.6) is 0 Å². The summed E-state index contributed by atoms with van der Waals surface area (Å²) in [5.41, 5.74) is 1.88. The number of hydrogen-bond donors (Lipinski definition) is 1. The first-order valence-corrected chi connectivity index (χ1v) is 13.8. The van der Waals surface area contributed by atoms with Crippen LogP contribution < -0.4 is 14.5 Å². The van der Waals surface area contributed by atoms with Crippen molar-refractivity contribution >= 4 is 27.6 Å². The second-order valence-electron chi connectivity index (χ2n) is 10.2. The Bertz CT molecular complexity index is 1460. The van der Waals surface area contributed by atoms with Gasteiger partial charge in [0, 0.05) is 31.4 Å². The number of rotatable bonds is 5. The Morgan fingerprint density at radius 1 is 1.11 bits per heavy atom. The van der Waals surface area contributed by atoms with Gasteiger partial charge in [-0.05, 0) is 80.1 Å². The molecule has 0 radical (unpaired) electrons. The zero-order valence-corrected chi connectivity index (χ0v) is 21.9. The Balaban J connectivity index is 1.38. The number of carbonyl (C=O) groups excluding carboxylic acids is 1. The Morgan fingerprint density at radius 2 is 1.92 bits per heavy atom. The van der Waals surface area contributed by atoms with E-state index in [1.807, 2.05) is 4.90 Å². The van der Waals surface area contributed by atoms with Crippen molar-refractivity contribution in [2.75, 3.05) is 22.9 Å². The molecule has 0 bridgehead atoms. The van der Waals surface area contributed by atoms with Crippen LogP contribution in [0.1, 0.15) is 48.7 Å². The molecule has 8 nitrogen and oxygen atoms in total. The van der Waals surface area contributed by atoms with E-state index in [0.29, 0.717) is 37.1 Å². The highest BCUT2D eigenvalue weighted by Gasteiger charge is 2.40. The molecule has 1 amide bonds. The Labute approximate surface area is 216 Å². The predicted octanol–water partition coefficient (Wildman–Crippen LogP) is 3.92. The third-order valence-corrected chi connectivity index (χ3v) is 8.92. The first kappa shape index (κ1) is 25.1. The number of halogens is 1. The molecule has 1 atom stereocenters. The normalized spacial score (nSPS) is 19.0. The van der Waals surface area contributed by atoms with Crippen LogP contribution in [-0.4, -0.2) is 42.9 Å². The SMILES string of the molecule is CC1CCN(c2ncccc2C(=O)NS(=O)(=O)c2cccc(N3CCc4ccc(F)cc4C3)n2)C1(C)C. The molecule has 0 spiro atoms. The van der Waals surface area contributed by atoms with Gasteiger partial charge in [-0.15, -0.1) is 0 Å². The van der Waals surface area contributed by atoms with Crippen LogP contribution in [0, 0.1) is 11.7 Å². The number of nitrogens with zero attached hydrogens (tertiary/aromatic N) is 4. The molecule has 2 aliphatic heterocycles. The van der Waals surface area contributed by atoms with Gasteiger partial charge >= 0.3 is 0 Å². The van der Waals surface area contributed by atoms with Gasteiger partial charge < -0.3 is 9.80 Å². The van der Waals surface area contributed by atoms with Gasteiger partial charge in [-0.1, -0.05) is 19.1 Å². The molecule has 2 aromatic heterocycles. The average molecular weight is 524 g/mol. The molecular formula is C27H30FN5O3S. The fourth-order valence-corrected chi connectivity index (χ4v) is 6.01. The zero-order valence-electron chi connectivity index (χ0n) is 21.1. The maximum atomic E-state index is 13.7. The summed E-state index contributed by atoms with van der Waals surface area (Å²) in [5.74, 6) is 0.229. The number of amides is 1. The monoisotopic (exact) mass is 523 g/mol. The van der Waals surface area contributed by atoms with E-state index < -0.39 is 15.9 Å². The predicted molar refractivity (Wildman–Crippen MR) is 139 cm³/mol. The van der Waals surface area contributed by atoms with E-state index in [1.54, 1.807) is 36.5 Å². The second-order valence-corrected chi connectivity index (χ2v) is 11.9. The molecule has 37 heavy (non-hydrogen) atoms. The van der Waals surface area contributed by atoms with E-state index in [9.17, 15) is 17.6 Å². The van der Waals surface area contributed by atoms with Crippen LogP contribution in [0.25, 0.3) is 0 Å². The van der Waals surface area contributed by atoms with Gasteiger partial charge in [-0.25, -0.2) is 19.1 Å². The summed E-state index contributed by atoms with van der Waals surface area (Å²) >= 11 is 0. The minimum Gasteiger partial charge on any atom is -0.352 e. The van der Waals surface area contributed by atoms with E-state index in [-0.39, 0.29) is 21.9 Å². The van der Waals surface area contributed by atoms with Gasteiger partial charge in [0.1, 0.15) is 17.5 Å².